The first-order valence-electron chi connectivity index (χ1n) is 10.3. The number of nitriles is 1. The van der Waals surface area contributed by atoms with Gasteiger partial charge in [-0.15, -0.1) is 0 Å². The van der Waals surface area contributed by atoms with Crippen molar-refractivity contribution < 1.29 is 9.21 Å². The number of carbonyl (C=O) groups is 1. The second kappa shape index (κ2) is 7.42. The molecule has 2 saturated heterocycles. The van der Waals surface area contributed by atoms with Crippen molar-refractivity contribution in [2.45, 2.75) is 44.7 Å². The minimum Gasteiger partial charge on any atom is -0.444 e. The van der Waals surface area contributed by atoms with Crippen LogP contribution in [0.2, 0.25) is 0 Å². The van der Waals surface area contributed by atoms with Crippen molar-refractivity contribution in [1.82, 2.24) is 14.9 Å². The highest BCUT2D eigenvalue weighted by Gasteiger charge is 2.48. The summed E-state index contributed by atoms with van der Waals surface area (Å²) < 4.78 is 5.53. The van der Waals surface area contributed by atoms with Crippen LogP contribution in [0.4, 0.5) is 0 Å². The summed E-state index contributed by atoms with van der Waals surface area (Å²) >= 11 is 0. The van der Waals surface area contributed by atoms with E-state index in [0.29, 0.717) is 22.9 Å². The quantitative estimate of drug-likeness (QED) is 0.659. The molecule has 0 saturated carbocycles. The summed E-state index contributed by atoms with van der Waals surface area (Å²) in [7, 11) is 0. The molecule has 6 nitrogen and oxygen atoms in total. The number of oxazole rings is 1. The molecule has 2 fully saturated rings. The Morgan fingerprint density at radius 1 is 1.27 bits per heavy atom. The van der Waals surface area contributed by atoms with E-state index in [9.17, 15) is 4.79 Å². The second-order valence-electron chi connectivity index (χ2n) is 8.20. The first-order chi connectivity index (χ1) is 14.7. The number of carbonyl (C=O) groups excluding carboxylic acids is 1. The van der Waals surface area contributed by atoms with Gasteiger partial charge < -0.3 is 9.32 Å². The number of hydrogen-bond donors (Lipinski definition) is 0. The third-order valence-corrected chi connectivity index (χ3v) is 6.47. The number of benzene rings is 1. The Kier molecular flexibility index (Phi) is 4.59. The molecule has 2 aliphatic heterocycles. The average Bonchev–Trinajstić information content (AvgIpc) is 3.50. The van der Waals surface area contributed by atoms with Crippen LogP contribution in [0.5, 0.6) is 0 Å². The summed E-state index contributed by atoms with van der Waals surface area (Å²) in [6.45, 7) is 1.98. The van der Waals surface area contributed by atoms with Crippen LogP contribution in [-0.2, 0) is 6.42 Å². The van der Waals surface area contributed by atoms with Crippen LogP contribution in [0.15, 0.2) is 53.4 Å². The Labute approximate surface area is 175 Å². The fraction of sp³-hybridized carbons (Fsp3) is 0.333. The van der Waals surface area contributed by atoms with Gasteiger partial charge in [0.25, 0.3) is 5.91 Å². The van der Waals surface area contributed by atoms with Gasteiger partial charge in [-0.2, -0.15) is 5.26 Å². The monoisotopic (exact) mass is 398 g/mol. The molecule has 2 bridgehead atoms. The lowest BCUT2D eigenvalue weighted by molar-refractivity contribution is 0.0719. The Bertz CT molecular complexity index is 1120. The van der Waals surface area contributed by atoms with E-state index in [1.54, 1.807) is 12.4 Å². The fourth-order valence-electron chi connectivity index (χ4n) is 5.14. The van der Waals surface area contributed by atoms with E-state index in [-0.39, 0.29) is 18.0 Å². The third-order valence-electron chi connectivity index (χ3n) is 6.47. The summed E-state index contributed by atoms with van der Waals surface area (Å²) in [4.78, 5) is 24.5. The smallest absolute Gasteiger partial charge is 0.255 e. The summed E-state index contributed by atoms with van der Waals surface area (Å²) in [6.07, 6.45) is 8.67. The Morgan fingerprint density at radius 3 is 2.90 bits per heavy atom. The van der Waals surface area contributed by atoms with E-state index >= 15 is 0 Å². The summed E-state index contributed by atoms with van der Waals surface area (Å²) in [5.74, 6) is 0.944. The van der Waals surface area contributed by atoms with Crippen molar-refractivity contribution in [2.75, 3.05) is 0 Å². The predicted molar refractivity (Wildman–Crippen MR) is 110 cm³/mol. The molecule has 4 heterocycles. The zero-order valence-corrected chi connectivity index (χ0v) is 16.8. The van der Waals surface area contributed by atoms with Gasteiger partial charge in [-0.1, -0.05) is 12.1 Å². The van der Waals surface area contributed by atoms with Crippen molar-refractivity contribution in [3.63, 3.8) is 0 Å². The third kappa shape index (κ3) is 3.07. The van der Waals surface area contributed by atoms with Gasteiger partial charge in [-0.05, 0) is 62.3 Å². The van der Waals surface area contributed by atoms with Crippen molar-refractivity contribution in [3.8, 4) is 17.5 Å². The maximum absolute atomic E-state index is 13.7. The highest BCUT2D eigenvalue weighted by molar-refractivity contribution is 6.01. The zero-order chi connectivity index (χ0) is 20.7. The van der Waals surface area contributed by atoms with Crippen LogP contribution in [-0.4, -0.2) is 32.9 Å². The molecule has 30 heavy (non-hydrogen) atoms. The number of aromatic nitrogens is 2. The fourth-order valence-corrected chi connectivity index (χ4v) is 5.14. The van der Waals surface area contributed by atoms with Gasteiger partial charge in [0.15, 0.2) is 0 Å². The molecule has 3 aromatic rings. The van der Waals surface area contributed by atoms with Gasteiger partial charge in [0.05, 0.1) is 22.9 Å². The summed E-state index contributed by atoms with van der Waals surface area (Å²) in [5, 5.41) is 8.97. The molecular formula is C24H22N4O2. The molecule has 2 aliphatic rings. The SMILES string of the molecule is Cc1cccc(C(=O)N2C3CCC2C(Cc2ccc(C#N)cn2)C3)c1-c1ncco1. The molecule has 0 N–H and O–H groups in total. The molecule has 0 radical (unpaired) electrons. The van der Waals surface area contributed by atoms with Gasteiger partial charge in [-0.3, -0.25) is 9.78 Å². The normalized spacial score (nSPS) is 22.3. The maximum Gasteiger partial charge on any atom is 0.255 e. The van der Waals surface area contributed by atoms with Crippen molar-refractivity contribution >= 4 is 5.91 Å². The Morgan fingerprint density at radius 2 is 2.17 bits per heavy atom. The number of rotatable bonds is 4. The Balaban J connectivity index is 1.41. The number of pyridine rings is 1. The van der Waals surface area contributed by atoms with Crippen molar-refractivity contribution in [3.05, 3.63) is 71.4 Å². The number of nitrogens with zero attached hydrogens (tertiary/aromatic N) is 4. The van der Waals surface area contributed by atoms with Crippen molar-refractivity contribution in [1.29, 1.82) is 5.26 Å². The van der Waals surface area contributed by atoms with Crippen molar-refractivity contribution in [2.24, 2.45) is 5.92 Å². The van der Waals surface area contributed by atoms with E-state index < -0.39 is 0 Å². The number of hydrogen-bond acceptors (Lipinski definition) is 5. The molecule has 2 aromatic heterocycles. The first kappa shape index (κ1) is 18.6. The molecule has 3 atom stereocenters. The Hall–Kier alpha value is -3.46. The number of aryl methyl sites for hydroxylation is 1. The van der Waals surface area contributed by atoms with E-state index in [1.807, 2.05) is 37.3 Å². The highest BCUT2D eigenvalue weighted by Crippen LogP contribution is 2.44. The number of amides is 1. The van der Waals surface area contributed by atoms with E-state index in [4.69, 9.17) is 9.68 Å². The van der Waals surface area contributed by atoms with Crippen LogP contribution in [0.1, 0.15) is 46.4 Å². The van der Waals surface area contributed by atoms with Crippen LogP contribution in [0.3, 0.4) is 0 Å². The maximum atomic E-state index is 13.7. The lowest BCUT2D eigenvalue weighted by Gasteiger charge is -2.25. The first-order valence-corrected chi connectivity index (χ1v) is 10.3. The molecule has 150 valence electrons. The van der Waals surface area contributed by atoms with Crippen LogP contribution >= 0.6 is 0 Å². The largest absolute Gasteiger partial charge is 0.444 e. The minimum atomic E-state index is 0.0645. The van der Waals surface area contributed by atoms with Gasteiger partial charge >= 0.3 is 0 Å². The number of fused-ring (bicyclic) bond motifs is 2. The molecule has 0 aliphatic carbocycles. The average molecular weight is 398 g/mol. The van der Waals surface area contributed by atoms with E-state index in [1.165, 1.54) is 6.26 Å². The topological polar surface area (TPSA) is 83.0 Å². The molecule has 1 amide bonds. The second-order valence-corrected chi connectivity index (χ2v) is 8.20. The zero-order valence-electron chi connectivity index (χ0n) is 16.8. The van der Waals surface area contributed by atoms with Crippen LogP contribution in [0, 0.1) is 24.2 Å². The molecule has 5 rings (SSSR count). The van der Waals surface area contributed by atoms with Gasteiger partial charge in [0.2, 0.25) is 5.89 Å². The highest BCUT2D eigenvalue weighted by atomic mass is 16.3. The molecular weight excluding hydrogens is 376 g/mol. The lowest BCUT2D eigenvalue weighted by Crippen LogP contribution is -2.37. The van der Waals surface area contributed by atoms with E-state index in [0.717, 1.165) is 42.5 Å². The standard InChI is InChI=1S/C24H22N4O2/c1-15-3-2-4-20(22(15)23-26-9-10-30-23)24(29)28-19-7-8-21(28)17(12-19)11-18-6-5-16(13-25)14-27-18/h2-6,9-10,14,17,19,21H,7-8,11-12H2,1H3. The summed E-state index contributed by atoms with van der Waals surface area (Å²) in [5.41, 5.74) is 3.97. The van der Waals surface area contributed by atoms with Gasteiger partial charge in [0, 0.05) is 24.0 Å². The summed E-state index contributed by atoms with van der Waals surface area (Å²) in [6, 6.07) is 12.1. The van der Waals surface area contributed by atoms with Gasteiger partial charge in [-0.25, -0.2) is 4.98 Å². The molecule has 6 heteroatoms. The van der Waals surface area contributed by atoms with Crippen LogP contribution < -0.4 is 0 Å². The van der Waals surface area contributed by atoms with E-state index in [2.05, 4.69) is 20.9 Å². The van der Waals surface area contributed by atoms with Crippen LogP contribution in [0.25, 0.3) is 11.5 Å². The molecule has 1 aromatic carbocycles. The minimum absolute atomic E-state index is 0.0645. The lowest BCUT2D eigenvalue weighted by atomic mass is 9.86. The predicted octanol–water partition coefficient (Wildman–Crippen LogP) is 4.15. The van der Waals surface area contributed by atoms with Gasteiger partial charge in [0.1, 0.15) is 12.3 Å². The molecule has 3 unspecified atom stereocenters. The molecule has 0 spiro atoms.